The van der Waals surface area contributed by atoms with Crippen LogP contribution in [0.15, 0.2) is 23.8 Å². The Kier molecular flexibility index (Phi) is 6.86. The van der Waals surface area contributed by atoms with Crippen LogP contribution < -0.4 is 10.6 Å². The first-order valence-corrected chi connectivity index (χ1v) is 7.28. The van der Waals surface area contributed by atoms with E-state index in [1.54, 1.807) is 0 Å². The van der Waals surface area contributed by atoms with Crippen LogP contribution in [0.2, 0.25) is 4.34 Å². The first-order chi connectivity index (χ1) is 8.66. The second kappa shape index (κ2) is 7.90. The molecule has 0 bridgehead atoms. The minimum Gasteiger partial charge on any atom is -0.352 e. The molecule has 2 heterocycles. The molecule has 106 valence electrons. The molecule has 0 aliphatic carbocycles. The van der Waals surface area contributed by atoms with Crippen LogP contribution in [0.5, 0.6) is 0 Å². The van der Waals surface area contributed by atoms with Crippen molar-refractivity contribution in [2.75, 3.05) is 19.6 Å². The largest absolute Gasteiger partial charge is 0.352 e. The number of carbonyl (C=O) groups is 1. The van der Waals surface area contributed by atoms with Gasteiger partial charge < -0.3 is 10.6 Å². The maximum absolute atomic E-state index is 12.0. The van der Waals surface area contributed by atoms with E-state index in [0.29, 0.717) is 6.54 Å². The van der Waals surface area contributed by atoms with Crippen molar-refractivity contribution < 1.29 is 4.79 Å². The Morgan fingerprint density at radius 3 is 2.95 bits per heavy atom. The van der Waals surface area contributed by atoms with Crippen LogP contribution in [-0.2, 0) is 4.79 Å². The van der Waals surface area contributed by atoms with Crippen LogP contribution in [0, 0.1) is 0 Å². The molecule has 1 aromatic heterocycles. The van der Waals surface area contributed by atoms with Crippen molar-refractivity contribution in [3.63, 3.8) is 0 Å². The van der Waals surface area contributed by atoms with Gasteiger partial charge in [-0.15, -0.1) is 23.7 Å². The molecule has 0 aromatic carbocycles. The number of rotatable bonds is 4. The summed E-state index contributed by atoms with van der Waals surface area (Å²) in [5, 5.41) is 6.24. The molecule has 0 saturated carbocycles. The molecule has 1 aromatic rings. The molecular formula is C13H18Cl2N2OS. The lowest BCUT2D eigenvalue weighted by molar-refractivity contribution is -0.121. The summed E-state index contributed by atoms with van der Waals surface area (Å²) in [7, 11) is 0. The van der Waals surface area contributed by atoms with Gasteiger partial charge in [-0.3, -0.25) is 4.79 Å². The molecule has 6 heteroatoms. The van der Waals surface area contributed by atoms with Gasteiger partial charge in [0.25, 0.3) is 0 Å². The fraction of sp³-hybridized carbons (Fsp3) is 0.462. The van der Waals surface area contributed by atoms with E-state index in [1.807, 2.05) is 19.1 Å². The zero-order valence-electron chi connectivity index (χ0n) is 10.7. The van der Waals surface area contributed by atoms with Gasteiger partial charge in [0, 0.05) is 18.0 Å². The van der Waals surface area contributed by atoms with Crippen LogP contribution in [-0.4, -0.2) is 25.5 Å². The Bertz CT molecular complexity index is 459. The molecule has 0 spiro atoms. The smallest absolute Gasteiger partial charge is 0.228 e. The van der Waals surface area contributed by atoms with Crippen LogP contribution in [0.4, 0.5) is 0 Å². The third-order valence-corrected chi connectivity index (χ3v) is 4.48. The lowest BCUT2D eigenvalue weighted by atomic mass is 10.1. The highest BCUT2D eigenvalue weighted by atomic mass is 35.5. The van der Waals surface area contributed by atoms with E-state index in [0.717, 1.165) is 28.7 Å². The summed E-state index contributed by atoms with van der Waals surface area (Å²) in [6.07, 6.45) is 3.16. The van der Waals surface area contributed by atoms with Crippen molar-refractivity contribution in [1.29, 1.82) is 0 Å². The first kappa shape index (κ1) is 16.5. The van der Waals surface area contributed by atoms with Gasteiger partial charge >= 0.3 is 0 Å². The second-order valence-electron chi connectivity index (χ2n) is 4.40. The van der Waals surface area contributed by atoms with Crippen LogP contribution >= 0.6 is 35.3 Å². The van der Waals surface area contributed by atoms with Crippen LogP contribution in [0.25, 0.3) is 0 Å². The predicted octanol–water partition coefficient (Wildman–Crippen LogP) is 2.96. The fourth-order valence-corrected chi connectivity index (χ4v) is 2.99. The molecule has 0 fully saturated rings. The third kappa shape index (κ3) is 4.80. The summed E-state index contributed by atoms with van der Waals surface area (Å²) in [5.74, 6) is -0.0715. The maximum atomic E-state index is 12.0. The van der Waals surface area contributed by atoms with E-state index in [-0.39, 0.29) is 24.2 Å². The Morgan fingerprint density at radius 1 is 1.58 bits per heavy atom. The van der Waals surface area contributed by atoms with Gasteiger partial charge in [0.15, 0.2) is 0 Å². The lowest BCUT2D eigenvalue weighted by Crippen LogP contribution is -2.32. The Hall–Kier alpha value is -0.550. The van der Waals surface area contributed by atoms with Crippen molar-refractivity contribution in [3.8, 4) is 0 Å². The summed E-state index contributed by atoms with van der Waals surface area (Å²) in [6, 6.07) is 3.75. The van der Waals surface area contributed by atoms with Gasteiger partial charge in [-0.2, -0.15) is 0 Å². The normalized spacial score (nSPS) is 16.2. The topological polar surface area (TPSA) is 41.1 Å². The molecular weight excluding hydrogens is 303 g/mol. The molecule has 2 rings (SSSR count). The zero-order chi connectivity index (χ0) is 13.0. The third-order valence-electron chi connectivity index (χ3n) is 3.06. The number of halogens is 2. The van der Waals surface area contributed by atoms with E-state index in [9.17, 15) is 4.79 Å². The number of hydrogen-bond acceptors (Lipinski definition) is 3. The lowest BCUT2D eigenvalue weighted by Gasteiger charge is -2.16. The molecule has 1 atom stereocenters. The van der Waals surface area contributed by atoms with Crippen molar-refractivity contribution in [2.45, 2.75) is 19.3 Å². The summed E-state index contributed by atoms with van der Waals surface area (Å²) in [4.78, 5) is 13.0. The van der Waals surface area contributed by atoms with Crippen LogP contribution in [0.3, 0.4) is 0 Å². The highest BCUT2D eigenvalue weighted by molar-refractivity contribution is 7.16. The van der Waals surface area contributed by atoms with E-state index in [2.05, 4.69) is 16.7 Å². The monoisotopic (exact) mass is 320 g/mol. The van der Waals surface area contributed by atoms with Gasteiger partial charge in [-0.1, -0.05) is 23.3 Å². The van der Waals surface area contributed by atoms with E-state index >= 15 is 0 Å². The summed E-state index contributed by atoms with van der Waals surface area (Å²) in [6.45, 7) is 4.47. The Balaban J connectivity index is 0.00000180. The van der Waals surface area contributed by atoms with E-state index in [1.165, 1.54) is 16.9 Å². The van der Waals surface area contributed by atoms with Crippen molar-refractivity contribution in [1.82, 2.24) is 10.6 Å². The molecule has 0 radical (unpaired) electrons. The number of thiophene rings is 1. The number of nitrogens with one attached hydrogen (secondary N) is 2. The molecule has 19 heavy (non-hydrogen) atoms. The minimum atomic E-state index is -0.134. The summed E-state index contributed by atoms with van der Waals surface area (Å²) < 4.78 is 0.728. The predicted molar refractivity (Wildman–Crippen MR) is 83.6 cm³/mol. The fourth-order valence-electron chi connectivity index (χ4n) is 1.87. The second-order valence-corrected chi connectivity index (χ2v) is 6.14. The molecule has 2 N–H and O–H groups in total. The van der Waals surface area contributed by atoms with Crippen molar-refractivity contribution in [3.05, 3.63) is 33.0 Å². The summed E-state index contributed by atoms with van der Waals surface area (Å²) >= 11 is 7.34. The maximum Gasteiger partial charge on any atom is 0.228 e. The SMILES string of the molecule is CC(C(=O)NCC1=CCNCC1)c1ccc(Cl)s1.Cl. The highest BCUT2D eigenvalue weighted by Crippen LogP contribution is 2.28. The average Bonchev–Trinajstić information content (AvgIpc) is 2.83. The van der Waals surface area contributed by atoms with Gasteiger partial charge in [0.1, 0.15) is 0 Å². The molecule has 1 unspecified atom stereocenters. The standard InChI is InChI=1S/C13H17ClN2OS.ClH/c1-9(11-2-3-12(14)18-11)13(17)16-8-10-4-6-15-7-5-10;/h2-4,9,15H,5-8H2,1H3,(H,16,17);1H. The quantitative estimate of drug-likeness (QED) is 0.837. The number of amides is 1. The molecule has 1 aliphatic rings. The Morgan fingerprint density at radius 2 is 2.37 bits per heavy atom. The van der Waals surface area contributed by atoms with Crippen molar-refractivity contribution in [2.24, 2.45) is 0 Å². The zero-order valence-corrected chi connectivity index (χ0v) is 13.1. The minimum absolute atomic E-state index is 0. The molecule has 1 aliphatic heterocycles. The van der Waals surface area contributed by atoms with E-state index < -0.39 is 0 Å². The highest BCUT2D eigenvalue weighted by Gasteiger charge is 2.17. The number of carbonyl (C=O) groups excluding carboxylic acids is 1. The summed E-state index contributed by atoms with van der Waals surface area (Å²) in [5.41, 5.74) is 1.30. The van der Waals surface area contributed by atoms with Crippen molar-refractivity contribution >= 4 is 41.3 Å². The Labute approximate surface area is 128 Å². The number of hydrogen-bond donors (Lipinski definition) is 2. The first-order valence-electron chi connectivity index (χ1n) is 6.08. The van der Waals surface area contributed by atoms with E-state index in [4.69, 9.17) is 11.6 Å². The molecule has 1 amide bonds. The molecule has 0 saturated heterocycles. The van der Waals surface area contributed by atoms with Gasteiger partial charge in [-0.05, 0) is 32.0 Å². The van der Waals surface area contributed by atoms with Crippen LogP contribution in [0.1, 0.15) is 24.1 Å². The average molecular weight is 321 g/mol. The molecule has 3 nitrogen and oxygen atoms in total. The van der Waals surface area contributed by atoms with Gasteiger partial charge in [0.2, 0.25) is 5.91 Å². The van der Waals surface area contributed by atoms with Gasteiger partial charge in [-0.25, -0.2) is 0 Å². The van der Waals surface area contributed by atoms with Gasteiger partial charge in [0.05, 0.1) is 10.3 Å².